The Kier molecular flexibility index (Phi) is 6.05. The summed E-state index contributed by atoms with van der Waals surface area (Å²) in [6, 6.07) is 17.7. The lowest BCUT2D eigenvalue weighted by Crippen LogP contribution is -2.26. The Morgan fingerprint density at radius 1 is 1.00 bits per heavy atom. The van der Waals surface area contributed by atoms with E-state index in [9.17, 15) is 13.2 Å². The Labute approximate surface area is 163 Å². The van der Waals surface area contributed by atoms with Crippen molar-refractivity contribution in [1.29, 1.82) is 0 Å². The third-order valence-corrected chi connectivity index (χ3v) is 6.35. The third kappa shape index (κ3) is 5.03. The minimum absolute atomic E-state index is 0.0744. The van der Waals surface area contributed by atoms with Crippen LogP contribution in [0.5, 0.6) is 0 Å². The number of thiophene rings is 1. The highest BCUT2D eigenvalue weighted by Crippen LogP contribution is 2.17. The van der Waals surface area contributed by atoms with Gasteiger partial charge < -0.3 is 5.32 Å². The van der Waals surface area contributed by atoms with E-state index in [4.69, 9.17) is 0 Å². The topological polar surface area (TPSA) is 75.3 Å². The molecule has 3 aromatic rings. The van der Waals surface area contributed by atoms with Crippen LogP contribution in [0.15, 0.2) is 70.9 Å². The van der Waals surface area contributed by atoms with Crippen LogP contribution in [0, 0.1) is 6.92 Å². The molecule has 3 rings (SSSR count). The van der Waals surface area contributed by atoms with Crippen molar-refractivity contribution >= 4 is 27.3 Å². The second-order valence-corrected chi connectivity index (χ2v) is 8.85. The summed E-state index contributed by atoms with van der Waals surface area (Å²) >= 11 is 1.56. The minimum Gasteiger partial charge on any atom is -0.347 e. The average Bonchev–Trinajstić information content (AvgIpc) is 3.19. The lowest BCUT2D eigenvalue weighted by atomic mass is 10.1. The van der Waals surface area contributed by atoms with Crippen molar-refractivity contribution in [1.82, 2.24) is 10.0 Å². The van der Waals surface area contributed by atoms with E-state index in [1.54, 1.807) is 24.3 Å². The molecule has 7 heteroatoms. The van der Waals surface area contributed by atoms with Crippen molar-refractivity contribution in [2.75, 3.05) is 0 Å². The quantitative estimate of drug-likeness (QED) is 0.638. The first-order valence-electron chi connectivity index (χ1n) is 8.40. The maximum absolute atomic E-state index is 12.6. The molecule has 0 fully saturated rings. The molecule has 0 aliphatic carbocycles. The van der Waals surface area contributed by atoms with Gasteiger partial charge in [-0.05, 0) is 41.6 Å². The molecule has 2 N–H and O–H groups in total. The predicted molar refractivity (Wildman–Crippen MR) is 107 cm³/mol. The van der Waals surface area contributed by atoms with Gasteiger partial charge in [-0.25, -0.2) is 13.1 Å². The molecule has 1 heterocycles. The first-order chi connectivity index (χ1) is 13.0. The number of benzene rings is 2. The van der Waals surface area contributed by atoms with Crippen molar-refractivity contribution in [3.63, 3.8) is 0 Å². The standard InChI is InChI=1S/C20H20N2O3S2/c1-15-9-10-18(27(24,25)22-13-16-6-3-2-4-7-16)12-19(15)20(23)21-14-17-8-5-11-26-17/h2-12,22H,13-14H2,1H3,(H,21,23). The van der Waals surface area contributed by atoms with Gasteiger partial charge in [0.2, 0.25) is 10.0 Å². The van der Waals surface area contributed by atoms with Crippen LogP contribution in [0.3, 0.4) is 0 Å². The molecule has 0 aliphatic heterocycles. The summed E-state index contributed by atoms with van der Waals surface area (Å²) in [7, 11) is -3.72. The van der Waals surface area contributed by atoms with Crippen LogP contribution in [0.4, 0.5) is 0 Å². The third-order valence-electron chi connectivity index (χ3n) is 4.08. The summed E-state index contributed by atoms with van der Waals surface area (Å²) in [5.41, 5.74) is 1.94. The highest BCUT2D eigenvalue weighted by atomic mass is 32.2. The van der Waals surface area contributed by atoms with Crippen molar-refractivity contribution < 1.29 is 13.2 Å². The highest BCUT2D eigenvalue weighted by molar-refractivity contribution is 7.89. The Balaban J connectivity index is 1.74. The molecule has 0 saturated heterocycles. The summed E-state index contributed by atoms with van der Waals surface area (Å²) in [5.74, 6) is -0.291. The predicted octanol–water partition coefficient (Wildman–Crippen LogP) is 3.47. The molecule has 0 atom stereocenters. The number of amides is 1. The SMILES string of the molecule is Cc1ccc(S(=O)(=O)NCc2ccccc2)cc1C(=O)NCc1cccs1. The molecule has 0 aliphatic rings. The maximum Gasteiger partial charge on any atom is 0.251 e. The van der Waals surface area contributed by atoms with E-state index in [0.717, 1.165) is 16.0 Å². The molecular weight excluding hydrogens is 380 g/mol. The zero-order valence-corrected chi connectivity index (χ0v) is 16.4. The first kappa shape index (κ1) is 19.3. The maximum atomic E-state index is 12.6. The molecule has 1 amide bonds. The van der Waals surface area contributed by atoms with Crippen molar-refractivity contribution in [2.24, 2.45) is 0 Å². The molecule has 0 bridgehead atoms. The zero-order chi connectivity index (χ0) is 19.3. The fourth-order valence-corrected chi connectivity index (χ4v) is 4.23. The number of nitrogens with one attached hydrogen (secondary N) is 2. The van der Waals surface area contributed by atoms with Crippen molar-refractivity contribution in [3.8, 4) is 0 Å². The Hall–Kier alpha value is -2.48. The molecule has 0 saturated carbocycles. The molecule has 140 valence electrons. The zero-order valence-electron chi connectivity index (χ0n) is 14.8. The highest BCUT2D eigenvalue weighted by Gasteiger charge is 2.18. The summed E-state index contributed by atoms with van der Waals surface area (Å²) in [6.07, 6.45) is 0. The van der Waals surface area contributed by atoms with Crippen LogP contribution < -0.4 is 10.0 Å². The van der Waals surface area contributed by atoms with Crippen LogP contribution in [0.25, 0.3) is 0 Å². The molecular formula is C20H20N2O3S2. The van der Waals surface area contributed by atoms with E-state index in [1.807, 2.05) is 47.8 Å². The fraction of sp³-hybridized carbons (Fsp3) is 0.150. The van der Waals surface area contributed by atoms with Crippen LogP contribution in [-0.2, 0) is 23.1 Å². The first-order valence-corrected chi connectivity index (χ1v) is 10.8. The van der Waals surface area contributed by atoms with E-state index in [1.165, 1.54) is 12.1 Å². The van der Waals surface area contributed by atoms with E-state index in [-0.39, 0.29) is 17.3 Å². The number of rotatable bonds is 7. The van der Waals surface area contributed by atoms with Crippen LogP contribution >= 0.6 is 11.3 Å². The van der Waals surface area contributed by atoms with Gasteiger partial charge in [-0.3, -0.25) is 4.79 Å². The smallest absolute Gasteiger partial charge is 0.251 e. The van der Waals surface area contributed by atoms with Gasteiger partial charge in [0.15, 0.2) is 0 Å². The monoisotopic (exact) mass is 400 g/mol. The number of hydrogen-bond acceptors (Lipinski definition) is 4. The minimum atomic E-state index is -3.72. The number of hydrogen-bond donors (Lipinski definition) is 2. The van der Waals surface area contributed by atoms with Crippen LogP contribution in [-0.4, -0.2) is 14.3 Å². The summed E-state index contributed by atoms with van der Waals surface area (Å²) in [4.78, 5) is 13.6. The van der Waals surface area contributed by atoms with E-state index in [0.29, 0.717) is 12.1 Å². The molecule has 1 aromatic heterocycles. The van der Waals surface area contributed by atoms with E-state index < -0.39 is 10.0 Å². The average molecular weight is 401 g/mol. The number of aryl methyl sites for hydroxylation is 1. The summed E-state index contributed by atoms with van der Waals surface area (Å²) in [6.45, 7) is 2.39. The van der Waals surface area contributed by atoms with Gasteiger partial charge in [-0.15, -0.1) is 11.3 Å². The molecule has 0 spiro atoms. The molecule has 2 aromatic carbocycles. The van der Waals surface area contributed by atoms with Gasteiger partial charge in [0.25, 0.3) is 5.91 Å². The molecule has 5 nitrogen and oxygen atoms in total. The van der Waals surface area contributed by atoms with Crippen molar-refractivity contribution in [3.05, 3.63) is 87.6 Å². The lowest BCUT2D eigenvalue weighted by molar-refractivity contribution is 0.0950. The largest absolute Gasteiger partial charge is 0.347 e. The number of sulfonamides is 1. The number of carbonyl (C=O) groups is 1. The summed E-state index contributed by atoms with van der Waals surface area (Å²) < 4.78 is 27.8. The Morgan fingerprint density at radius 3 is 2.48 bits per heavy atom. The summed E-state index contributed by atoms with van der Waals surface area (Å²) in [5, 5.41) is 4.78. The molecule has 27 heavy (non-hydrogen) atoms. The van der Waals surface area contributed by atoms with Crippen molar-refractivity contribution in [2.45, 2.75) is 24.9 Å². The second-order valence-electron chi connectivity index (χ2n) is 6.05. The van der Waals surface area contributed by atoms with E-state index in [2.05, 4.69) is 10.0 Å². The Morgan fingerprint density at radius 2 is 1.78 bits per heavy atom. The van der Waals surface area contributed by atoms with Gasteiger partial charge in [-0.1, -0.05) is 42.5 Å². The fourth-order valence-electron chi connectivity index (χ4n) is 2.55. The normalized spacial score (nSPS) is 11.3. The Bertz CT molecular complexity index is 1010. The van der Waals surface area contributed by atoms with Gasteiger partial charge in [0, 0.05) is 17.0 Å². The van der Waals surface area contributed by atoms with Crippen LogP contribution in [0.2, 0.25) is 0 Å². The van der Waals surface area contributed by atoms with Gasteiger partial charge in [0.1, 0.15) is 0 Å². The van der Waals surface area contributed by atoms with Gasteiger partial charge in [0.05, 0.1) is 11.4 Å². The van der Waals surface area contributed by atoms with E-state index >= 15 is 0 Å². The van der Waals surface area contributed by atoms with Gasteiger partial charge >= 0.3 is 0 Å². The molecule has 0 radical (unpaired) electrons. The second kappa shape index (κ2) is 8.47. The van der Waals surface area contributed by atoms with Gasteiger partial charge in [-0.2, -0.15) is 0 Å². The molecule has 0 unspecified atom stereocenters. The lowest BCUT2D eigenvalue weighted by Gasteiger charge is -2.11. The van der Waals surface area contributed by atoms with Crippen LogP contribution in [0.1, 0.15) is 26.4 Å². The number of carbonyl (C=O) groups excluding carboxylic acids is 1.